The quantitative estimate of drug-likeness (QED) is 0.848. The topological polar surface area (TPSA) is 37.8 Å². The van der Waals surface area contributed by atoms with Crippen LogP contribution in [-0.2, 0) is 6.42 Å². The molecule has 0 saturated carbocycles. The summed E-state index contributed by atoms with van der Waals surface area (Å²) in [6.07, 6.45) is 2.21. The molecule has 0 radical (unpaired) electrons. The molecule has 2 aromatic rings. The van der Waals surface area contributed by atoms with Crippen LogP contribution in [0, 0.1) is 6.92 Å². The molecular weight excluding hydrogens is 269 g/mol. The molecule has 0 atom stereocenters. The van der Waals surface area contributed by atoms with Crippen molar-refractivity contribution >= 4 is 34.7 Å². The summed E-state index contributed by atoms with van der Waals surface area (Å²) in [5.41, 5.74) is 2.82. The molecule has 1 aromatic carbocycles. The third-order valence-electron chi connectivity index (χ3n) is 2.68. The standard InChI is InChI=1S/C13H13Cl2N3/c1-3-10-12(15)16-7-17-13(10)18-9-5-4-8(2)11(14)6-9/h4-7H,3H2,1-2H3,(H,16,17,18). The van der Waals surface area contributed by atoms with Gasteiger partial charge in [-0.25, -0.2) is 9.97 Å². The molecule has 0 aliphatic carbocycles. The van der Waals surface area contributed by atoms with Crippen LogP contribution in [-0.4, -0.2) is 9.97 Å². The van der Waals surface area contributed by atoms with Crippen LogP contribution in [0.25, 0.3) is 0 Å². The Morgan fingerprint density at radius 3 is 2.67 bits per heavy atom. The second-order valence-electron chi connectivity index (χ2n) is 3.93. The smallest absolute Gasteiger partial charge is 0.138 e. The number of nitrogens with zero attached hydrogens (tertiary/aromatic N) is 2. The van der Waals surface area contributed by atoms with Gasteiger partial charge >= 0.3 is 0 Å². The molecular formula is C13H13Cl2N3. The highest BCUT2D eigenvalue weighted by atomic mass is 35.5. The maximum absolute atomic E-state index is 6.09. The maximum atomic E-state index is 6.09. The fourth-order valence-electron chi connectivity index (χ4n) is 1.62. The Labute approximate surface area is 116 Å². The summed E-state index contributed by atoms with van der Waals surface area (Å²) in [6, 6.07) is 5.78. The maximum Gasteiger partial charge on any atom is 0.138 e. The Bertz CT molecular complexity index is 570. The van der Waals surface area contributed by atoms with Gasteiger partial charge in [-0.3, -0.25) is 0 Å². The highest BCUT2D eigenvalue weighted by Crippen LogP contribution is 2.26. The monoisotopic (exact) mass is 281 g/mol. The average Bonchev–Trinajstić information content (AvgIpc) is 2.34. The average molecular weight is 282 g/mol. The van der Waals surface area contributed by atoms with Crippen molar-refractivity contribution in [3.8, 4) is 0 Å². The van der Waals surface area contributed by atoms with Crippen molar-refractivity contribution in [2.75, 3.05) is 5.32 Å². The zero-order chi connectivity index (χ0) is 13.1. The SMILES string of the molecule is CCc1c(Cl)ncnc1Nc1ccc(C)c(Cl)c1. The van der Waals surface area contributed by atoms with Crippen LogP contribution in [0.1, 0.15) is 18.1 Å². The van der Waals surface area contributed by atoms with E-state index >= 15 is 0 Å². The van der Waals surface area contributed by atoms with Gasteiger partial charge in [0, 0.05) is 16.3 Å². The lowest BCUT2D eigenvalue weighted by atomic mass is 10.2. The summed E-state index contributed by atoms with van der Waals surface area (Å²) < 4.78 is 0. The Morgan fingerprint density at radius 2 is 2.00 bits per heavy atom. The highest BCUT2D eigenvalue weighted by molar-refractivity contribution is 6.31. The molecule has 0 aliphatic heterocycles. The number of aryl methyl sites for hydroxylation is 1. The first kappa shape index (κ1) is 13.1. The van der Waals surface area contributed by atoms with Crippen LogP contribution < -0.4 is 5.32 Å². The van der Waals surface area contributed by atoms with E-state index in [0.717, 1.165) is 34.1 Å². The van der Waals surface area contributed by atoms with E-state index in [1.54, 1.807) is 0 Å². The Balaban J connectivity index is 2.34. The largest absolute Gasteiger partial charge is 0.340 e. The second kappa shape index (κ2) is 5.55. The van der Waals surface area contributed by atoms with Crippen molar-refractivity contribution in [3.63, 3.8) is 0 Å². The van der Waals surface area contributed by atoms with Gasteiger partial charge in [-0.05, 0) is 31.0 Å². The lowest BCUT2D eigenvalue weighted by Gasteiger charge is -2.11. The van der Waals surface area contributed by atoms with E-state index in [2.05, 4.69) is 15.3 Å². The summed E-state index contributed by atoms with van der Waals surface area (Å²) >= 11 is 12.1. The lowest BCUT2D eigenvalue weighted by Crippen LogP contribution is -2.00. The Hall–Kier alpha value is -1.32. The molecule has 0 unspecified atom stereocenters. The predicted molar refractivity (Wildman–Crippen MR) is 75.9 cm³/mol. The summed E-state index contributed by atoms with van der Waals surface area (Å²) in [5, 5.41) is 4.41. The third-order valence-corrected chi connectivity index (χ3v) is 3.41. The number of nitrogens with one attached hydrogen (secondary N) is 1. The Morgan fingerprint density at radius 1 is 1.22 bits per heavy atom. The third kappa shape index (κ3) is 2.74. The van der Waals surface area contributed by atoms with E-state index in [1.165, 1.54) is 6.33 Å². The lowest BCUT2D eigenvalue weighted by molar-refractivity contribution is 1.05. The number of rotatable bonds is 3. The molecule has 2 rings (SSSR count). The van der Waals surface area contributed by atoms with Gasteiger partial charge in [0.1, 0.15) is 17.3 Å². The summed E-state index contributed by atoms with van der Waals surface area (Å²) in [5.74, 6) is 0.720. The van der Waals surface area contributed by atoms with Gasteiger partial charge in [0.25, 0.3) is 0 Å². The molecule has 1 N–H and O–H groups in total. The van der Waals surface area contributed by atoms with Crippen LogP contribution in [0.15, 0.2) is 24.5 Å². The van der Waals surface area contributed by atoms with E-state index in [-0.39, 0.29) is 0 Å². The summed E-state index contributed by atoms with van der Waals surface area (Å²) in [7, 11) is 0. The first-order valence-electron chi connectivity index (χ1n) is 5.64. The molecule has 0 saturated heterocycles. The molecule has 0 fully saturated rings. The number of halogens is 2. The second-order valence-corrected chi connectivity index (χ2v) is 4.70. The van der Waals surface area contributed by atoms with Crippen LogP contribution in [0.4, 0.5) is 11.5 Å². The predicted octanol–water partition coefficient (Wildman–Crippen LogP) is 4.40. The van der Waals surface area contributed by atoms with Crippen molar-refractivity contribution in [3.05, 3.63) is 45.8 Å². The number of benzene rings is 1. The zero-order valence-electron chi connectivity index (χ0n) is 10.2. The van der Waals surface area contributed by atoms with E-state index in [4.69, 9.17) is 23.2 Å². The van der Waals surface area contributed by atoms with E-state index in [9.17, 15) is 0 Å². The van der Waals surface area contributed by atoms with Gasteiger partial charge in [0.05, 0.1) is 0 Å². The minimum absolute atomic E-state index is 0.480. The van der Waals surface area contributed by atoms with Gasteiger partial charge in [-0.1, -0.05) is 36.2 Å². The van der Waals surface area contributed by atoms with Crippen molar-refractivity contribution < 1.29 is 0 Å². The van der Waals surface area contributed by atoms with Gasteiger partial charge < -0.3 is 5.32 Å². The van der Waals surface area contributed by atoms with Gasteiger partial charge in [-0.2, -0.15) is 0 Å². The van der Waals surface area contributed by atoms with Gasteiger partial charge in [0.2, 0.25) is 0 Å². The van der Waals surface area contributed by atoms with Crippen LogP contribution in [0.3, 0.4) is 0 Å². The fourth-order valence-corrected chi connectivity index (χ4v) is 2.07. The summed E-state index contributed by atoms with van der Waals surface area (Å²) in [4.78, 5) is 8.18. The molecule has 0 amide bonds. The van der Waals surface area contributed by atoms with Crippen LogP contribution in [0.5, 0.6) is 0 Å². The van der Waals surface area contributed by atoms with E-state index in [0.29, 0.717) is 5.15 Å². The summed E-state index contributed by atoms with van der Waals surface area (Å²) in [6.45, 7) is 3.98. The molecule has 5 heteroatoms. The minimum atomic E-state index is 0.480. The molecule has 0 bridgehead atoms. The van der Waals surface area contributed by atoms with E-state index < -0.39 is 0 Å². The normalized spacial score (nSPS) is 10.4. The molecule has 1 heterocycles. The number of hydrogen-bond donors (Lipinski definition) is 1. The fraction of sp³-hybridized carbons (Fsp3) is 0.231. The van der Waals surface area contributed by atoms with Crippen molar-refractivity contribution in [1.82, 2.24) is 9.97 Å². The molecule has 0 aliphatic rings. The van der Waals surface area contributed by atoms with Crippen LogP contribution in [0.2, 0.25) is 10.2 Å². The van der Waals surface area contributed by atoms with E-state index in [1.807, 2.05) is 32.0 Å². The highest BCUT2D eigenvalue weighted by Gasteiger charge is 2.08. The molecule has 0 spiro atoms. The van der Waals surface area contributed by atoms with Crippen LogP contribution >= 0.6 is 23.2 Å². The van der Waals surface area contributed by atoms with Gasteiger partial charge in [0.15, 0.2) is 0 Å². The first-order valence-corrected chi connectivity index (χ1v) is 6.40. The molecule has 1 aromatic heterocycles. The number of aromatic nitrogens is 2. The van der Waals surface area contributed by atoms with Crippen molar-refractivity contribution in [2.24, 2.45) is 0 Å². The van der Waals surface area contributed by atoms with Crippen molar-refractivity contribution in [2.45, 2.75) is 20.3 Å². The molecule has 94 valence electrons. The van der Waals surface area contributed by atoms with Crippen molar-refractivity contribution in [1.29, 1.82) is 0 Å². The number of anilines is 2. The Kier molecular flexibility index (Phi) is 4.04. The number of hydrogen-bond acceptors (Lipinski definition) is 3. The molecule has 3 nitrogen and oxygen atoms in total. The minimum Gasteiger partial charge on any atom is -0.340 e. The molecule has 18 heavy (non-hydrogen) atoms. The van der Waals surface area contributed by atoms with Gasteiger partial charge in [-0.15, -0.1) is 0 Å². The zero-order valence-corrected chi connectivity index (χ0v) is 11.7. The first-order chi connectivity index (χ1) is 8.61.